The summed E-state index contributed by atoms with van der Waals surface area (Å²) in [6, 6.07) is 8.08. The number of para-hydroxylation sites is 1. The van der Waals surface area contributed by atoms with E-state index < -0.39 is 0 Å². The molecule has 0 bridgehead atoms. The lowest BCUT2D eigenvalue weighted by molar-refractivity contribution is 0.872. The zero-order chi connectivity index (χ0) is 13.2. The van der Waals surface area contributed by atoms with Gasteiger partial charge in [-0.05, 0) is 13.0 Å². The fraction of sp³-hybridized carbons (Fsp3) is 0.143. The Bertz CT molecular complexity index is 694. The number of benzene rings is 1. The van der Waals surface area contributed by atoms with Crippen LogP contribution < -0.4 is 11.1 Å². The second kappa shape index (κ2) is 4.85. The molecule has 0 aliphatic heterocycles. The van der Waals surface area contributed by atoms with Crippen molar-refractivity contribution in [2.24, 2.45) is 0 Å². The number of pyridine rings is 1. The summed E-state index contributed by atoms with van der Waals surface area (Å²) in [5.41, 5.74) is 8.56. The number of rotatable bonds is 3. The van der Waals surface area contributed by atoms with Crippen molar-refractivity contribution in [3.8, 4) is 0 Å². The van der Waals surface area contributed by atoms with Gasteiger partial charge in [-0.25, -0.2) is 4.98 Å². The maximum atomic E-state index is 6.05. The molecule has 96 valence electrons. The van der Waals surface area contributed by atoms with Crippen LogP contribution in [0.1, 0.15) is 18.0 Å². The highest BCUT2D eigenvalue weighted by molar-refractivity contribution is 7.09. The molecule has 0 aliphatic rings. The van der Waals surface area contributed by atoms with Crippen molar-refractivity contribution in [3.05, 3.63) is 47.0 Å². The average molecular weight is 270 g/mol. The molecule has 2 aromatic heterocycles. The van der Waals surface area contributed by atoms with Gasteiger partial charge in [0.2, 0.25) is 0 Å². The number of nitrogens with two attached hydrogens (primary N) is 1. The van der Waals surface area contributed by atoms with Crippen molar-refractivity contribution < 1.29 is 0 Å². The van der Waals surface area contributed by atoms with Gasteiger partial charge in [0.25, 0.3) is 0 Å². The topological polar surface area (TPSA) is 63.8 Å². The van der Waals surface area contributed by atoms with Crippen molar-refractivity contribution >= 4 is 33.6 Å². The van der Waals surface area contributed by atoms with Crippen LogP contribution in [0.15, 0.2) is 42.0 Å². The summed E-state index contributed by atoms with van der Waals surface area (Å²) in [5.74, 6) is 0. The SMILES string of the molecule is CC(Nc1c(N)cnc2ccccc12)c1nccs1. The molecule has 0 amide bonds. The highest BCUT2D eigenvalue weighted by Crippen LogP contribution is 2.31. The number of anilines is 2. The third kappa shape index (κ3) is 2.24. The van der Waals surface area contributed by atoms with Crippen LogP contribution in [0.25, 0.3) is 10.9 Å². The van der Waals surface area contributed by atoms with Gasteiger partial charge in [0.05, 0.1) is 29.1 Å². The van der Waals surface area contributed by atoms with Crippen molar-refractivity contribution in [1.82, 2.24) is 9.97 Å². The van der Waals surface area contributed by atoms with Crippen LogP contribution in [0.3, 0.4) is 0 Å². The van der Waals surface area contributed by atoms with E-state index in [1.165, 1.54) is 0 Å². The van der Waals surface area contributed by atoms with Gasteiger partial charge < -0.3 is 11.1 Å². The number of hydrogen-bond donors (Lipinski definition) is 2. The number of thiazole rings is 1. The molecule has 2 heterocycles. The normalized spacial score (nSPS) is 12.5. The molecule has 1 atom stereocenters. The van der Waals surface area contributed by atoms with E-state index in [0.29, 0.717) is 5.69 Å². The maximum absolute atomic E-state index is 6.05. The lowest BCUT2D eigenvalue weighted by Crippen LogP contribution is -2.09. The minimum absolute atomic E-state index is 0.119. The van der Waals surface area contributed by atoms with Gasteiger partial charge in [0, 0.05) is 17.0 Å². The lowest BCUT2D eigenvalue weighted by Gasteiger charge is -2.16. The van der Waals surface area contributed by atoms with Crippen molar-refractivity contribution in [1.29, 1.82) is 0 Å². The number of fused-ring (bicyclic) bond motifs is 1. The van der Waals surface area contributed by atoms with E-state index in [1.807, 2.05) is 35.8 Å². The summed E-state index contributed by atoms with van der Waals surface area (Å²) in [4.78, 5) is 8.66. The molecule has 0 saturated heterocycles. The molecular weight excluding hydrogens is 256 g/mol. The number of hydrogen-bond acceptors (Lipinski definition) is 5. The number of aromatic nitrogens is 2. The molecular formula is C14H14N4S. The first-order valence-electron chi connectivity index (χ1n) is 6.05. The molecule has 0 saturated carbocycles. The van der Waals surface area contributed by atoms with Crippen LogP contribution in [0.4, 0.5) is 11.4 Å². The quantitative estimate of drug-likeness (QED) is 0.765. The number of nitrogen functional groups attached to an aromatic ring is 1. The Morgan fingerprint density at radius 3 is 2.89 bits per heavy atom. The molecule has 3 N–H and O–H groups in total. The second-order valence-electron chi connectivity index (χ2n) is 4.34. The van der Waals surface area contributed by atoms with Gasteiger partial charge in [-0.1, -0.05) is 18.2 Å². The van der Waals surface area contributed by atoms with Gasteiger partial charge >= 0.3 is 0 Å². The summed E-state index contributed by atoms with van der Waals surface area (Å²) < 4.78 is 0. The zero-order valence-corrected chi connectivity index (χ0v) is 11.3. The van der Waals surface area contributed by atoms with Crippen LogP contribution in [0.5, 0.6) is 0 Å². The second-order valence-corrected chi connectivity index (χ2v) is 5.27. The van der Waals surface area contributed by atoms with E-state index in [-0.39, 0.29) is 6.04 Å². The summed E-state index contributed by atoms with van der Waals surface area (Å²) in [6.45, 7) is 2.08. The number of nitrogens with zero attached hydrogens (tertiary/aromatic N) is 2. The zero-order valence-electron chi connectivity index (χ0n) is 10.5. The van der Waals surface area contributed by atoms with Crippen LogP contribution in [0.2, 0.25) is 0 Å². The average Bonchev–Trinajstić information content (AvgIpc) is 2.96. The fourth-order valence-corrected chi connectivity index (χ4v) is 2.69. The van der Waals surface area contributed by atoms with E-state index in [1.54, 1.807) is 17.5 Å². The Labute approximate surface area is 115 Å². The Balaban J connectivity index is 2.02. The molecule has 4 nitrogen and oxygen atoms in total. The highest BCUT2D eigenvalue weighted by atomic mass is 32.1. The molecule has 19 heavy (non-hydrogen) atoms. The van der Waals surface area contributed by atoms with Crippen LogP contribution in [-0.4, -0.2) is 9.97 Å². The van der Waals surface area contributed by atoms with E-state index >= 15 is 0 Å². The van der Waals surface area contributed by atoms with Crippen molar-refractivity contribution in [2.45, 2.75) is 13.0 Å². The van der Waals surface area contributed by atoms with Crippen molar-refractivity contribution in [2.75, 3.05) is 11.1 Å². The minimum atomic E-state index is 0.119. The fourth-order valence-electron chi connectivity index (χ4n) is 2.04. The Morgan fingerprint density at radius 2 is 2.11 bits per heavy atom. The molecule has 0 radical (unpaired) electrons. The smallest absolute Gasteiger partial charge is 0.115 e. The Hall–Kier alpha value is -2.14. The predicted octanol–water partition coefficient (Wildman–Crippen LogP) is 3.45. The van der Waals surface area contributed by atoms with Gasteiger partial charge in [-0.3, -0.25) is 4.98 Å². The predicted molar refractivity (Wildman–Crippen MR) is 80.3 cm³/mol. The number of nitrogens with one attached hydrogen (secondary N) is 1. The monoisotopic (exact) mass is 270 g/mol. The largest absolute Gasteiger partial charge is 0.396 e. The minimum Gasteiger partial charge on any atom is -0.396 e. The Kier molecular flexibility index (Phi) is 3.05. The highest BCUT2D eigenvalue weighted by Gasteiger charge is 2.12. The van der Waals surface area contributed by atoms with E-state index in [4.69, 9.17) is 5.73 Å². The standard InChI is InChI=1S/C14H14N4S/c1-9(14-16-6-7-19-14)18-13-10-4-2-3-5-12(10)17-8-11(13)15/h2-9H,15H2,1H3,(H,17,18). The molecule has 3 aromatic rings. The molecule has 0 spiro atoms. The first-order valence-corrected chi connectivity index (χ1v) is 6.93. The maximum Gasteiger partial charge on any atom is 0.115 e. The molecule has 5 heteroatoms. The van der Waals surface area contributed by atoms with Gasteiger partial charge in [-0.2, -0.15) is 0 Å². The summed E-state index contributed by atoms with van der Waals surface area (Å²) in [5, 5.41) is 7.49. The molecule has 1 aromatic carbocycles. The summed E-state index contributed by atoms with van der Waals surface area (Å²) >= 11 is 1.63. The van der Waals surface area contributed by atoms with Crippen molar-refractivity contribution in [3.63, 3.8) is 0 Å². The van der Waals surface area contributed by atoms with E-state index in [9.17, 15) is 0 Å². The summed E-state index contributed by atoms with van der Waals surface area (Å²) in [7, 11) is 0. The van der Waals surface area contributed by atoms with E-state index in [2.05, 4.69) is 22.2 Å². The first-order chi connectivity index (χ1) is 9.25. The Morgan fingerprint density at radius 1 is 1.26 bits per heavy atom. The molecule has 1 unspecified atom stereocenters. The van der Waals surface area contributed by atoms with Gasteiger partial charge in [0.1, 0.15) is 5.01 Å². The van der Waals surface area contributed by atoms with Crippen LogP contribution in [0, 0.1) is 0 Å². The molecule has 0 aliphatic carbocycles. The third-order valence-corrected chi connectivity index (χ3v) is 3.95. The third-order valence-electron chi connectivity index (χ3n) is 2.99. The van der Waals surface area contributed by atoms with Gasteiger partial charge in [0.15, 0.2) is 0 Å². The summed E-state index contributed by atoms with van der Waals surface area (Å²) in [6.07, 6.45) is 3.51. The molecule has 3 rings (SSSR count). The van der Waals surface area contributed by atoms with Gasteiger partial charge in [-0.15, -0.1) is 11.3 Å². The van der Waals surface area contributed by atoms with Crippen LogP contribution >= 0.6 is 11.3 Å². The first kappa shape index (κ1) is 11.9. The lowest BCUT2D eigenvalue weighted by atomic mass is 10.1. The van der Waals surface area contributed by atoms with E-state index in [0.717, 1.165) is 21.6 Å². The molecule has 0 fully saturated rings. The van der Waals surface area contributed by atoms with Crippen LogP contribution in [-0.2, 0) is 0 Å².